The molecular weight excluding hydrogens is 272 g/mol. The monoisotopic (exact) mass is 275 g/mol. The lowest BCUT2D eigenvalue weighted by atomic mass is 10.3. The summed E-state index contributed by atoms with van der Waals surface area (Å²) in [5.74, 6) is -1.44. The first-order chi connectivity index (χ1) is 8.08. The molecule has 88 valence electrons. The summed E-state index contributed by atoms with van der Waals surface area (Å²) in [5.41, 5.74) is 0.0875. The van der Waals surface area contributed by atoms with Gasteiger partial charge in [0.05, 0.1) is 15.7 Å². The molecule has 1 aromatic heterocycles. The van der Waals surface area contributed by atoms with E-state index in [1.807, 2.05) is 0 Å². The fourth-order valence-corrected chi connectivity index (χ4v) is 1.64. The van der Waals surface area contributed by atoms with Gasteiger partial charge in [0.25, 0.3) is 11.7 Å². The number of aromatic amines is 1. The van der Waals surface area contributed by atoms with E-state index in [0.29, 0.717) is 0 Å². The average Bonchev–Trinajstić information content (AvgIpc) is 2.76. The highest BCUT2D eigenvalue weighted by Crippen LogP contribution is 2.31. The van der Waals surface area contributed by atoms with Gasteiger partial charge in [0.15, 0.2) is 0 Å². The molecule has 0 atom stereocenters. The molecule has 9 heteroatoms. The van der Waals surface area contributed by atoms with E-state index in [0.717, 1.165) is 12.1 Å². The molecule has 0 aliphatic heterocycles. The Morgan fingerprint density at radius 1 is 1.35 bits per heavy atom. The topological polar surface area (TPSA) is 83.6 Å². The lowest BCUT2D eigenvalue weighted by molar-refractivity contribution is 0.101. The van der Waals surface area contributed by atoms with Gasteiger partial charge in [-0.15, -0.1) is 10.2 Å². The minimum atomic E-state index is -0.658. The first kappa shape index (κ1) is 11.7. The molecule has 2 aromatic rings. The predicted octanol–water partition coefficient (Wildman–Crippen LogP) is 1.90. The molecule has 0 bridgehead atoms. The van der Waals surface area contributed by atoms with Crippen molar-refractivity contribution in [2.24, 2.45) is 0 Å². The van der Waals surface area contributed by atoms with Crippen LogP contribution in [0.15, 0.2) is 12.1 Å². The van der Waals surface area contributed by atoms with Crippen LogP contribution in [0.5, 0.6) is 0 Å². The number of rotatable bonds is 2. The molecule has 2 rings (SSSR count). The van der Waals surface area contributed by atoms with Gasteiger partial charge in [-0.3, -0.25) is 4.79 Å². The van der Waals surface area contributed by atoms with Crippen molar-refractivity contribution >= 4 is 34.8 Å². The number of H-pyrrole nitrogens is 1. The lowest BCUT2D eigenvalue weighted by Gasteiger charge is -2.07. The van der Waals surface area contributed by atoms with E-state index in [2.05, 4.69) is 25.9 Å². The summed E-state index contributed by atoms with van der Waals surface area (Å²) in [6, 6.07) is 2.05. The maximum Gasteiger partial charge on any atom is 0.297 e. The number of nitrogens with one attached hydrogen (secondary N) is 2. The molecule has 6 nitrogen and oxygen atoms in total. The van der Waals surface area contributed by atoms with Crippen LogP contribution < -0.4 is 5.32 Å². The molecule has 0 aliphatic carbocycles. The first-order valence-electron chi connectivity index (χ1n) is 4.27. The van der Waals surface area contributed by atoms with Crippen LogP contribution in [-0.4, -0.2) is 26.5 Å². The molecule has 0 aliphatic rings. The van der Waals surface area contributed by atoms with Crippen LogP contribution in [0.25, 0.3) is 0 Å². The third-order valence-electron chi connectivity index (χ3n) is 1.79. The molecule has 0 fully saturated rings. The van der Waals surface area contributed by atoms with Crippen molar-refractivity contribution in [2.45, 2.75) is 0 Å². The summed E-state index contributed by atoms with van der Waals surface area (Å²) >= 11 is 11.5. The zero-order valence-electron chi connectivity index (χ0n) is 8.04. The maximum atomic E-state index is 12.9. The minimum absolute atomic E-state index is 0.0214. The van der Waals surface area contributed by atoms with Crippen molar-refractivity contribution in [3.63, 3.8) is 0 Å². The number of halogens is 3. The smallest absolute Gasteiger partial charge is 0.297 e. The molecule has 17 heavy (non-hydrogen) atoms. The summed E-state index contributed by atoms with van der Waals surface area (Å²) in [4.78, 5) is 11.6. The van der Waals surface area contributed by atoms with Crippen molar-refractivity contribution in [3.05, 3.63) is 33.8 Å². The summed E-state index contributed by atoms with van der Waals surface area (Å²) in [5, 5.41) is 14.6. The Morgan fingerprint density at radius 2 is 2.00 bits per heavy atom. The Bertz CT molecular complexity index is 536. The normalized spacial score (nSPS) is 10.3. The van der Waals surface area contributed by atoms with Gasteiger partial charge in [0.1, 0.15) is 5.82 Å². The number of tetrazole rings is 1. The quantitative estimate of drug-likeness (QED) is 0.877. The van der Waals surface area contributed by atoms with Crippen LogP contribution >= 0.6 is 23.2 Å². The Morgan fingerprint density at radius 3 is 2.53 bits per heavy atom. The zero-order chi connectivity index (χ0) is 12.4. The van der Waals surface area contributed by atoms with Crippen LogP contribution in [-0.2, 0) is 0 Å². The number of benzene rings is 1. The lowest BCUT2D eigenvalue weighted by Crippen LogP contribution is -2.14. The van der Waals surface area contributed by atoms with E-state index in [1.165, 1.54) is 0 Å². The van der Waals surface area contributed by atoms with Gasteiger partial charge in [-0.1, -0.05) is 23.2 Å². The van der Waals surface area contributed by atoms with E-state index >= 15 is 0 Å². The first-order valence-corrected chi connectivity index (χ1v) is 5.03. The van der Waals surface area contributed by atoms with Crippen molar-refractivity contribution < 1.29 is 9.18 Å². The number of anilines is 1. The molecule has 0 saturated heterocycles. The molecule has 0 saturated carbocycles. The Kier molecular flexibility index (Phi) is 3.21. The van der Waals surface area contributed by atoms with Gasteiger partial charge < -0.3 is 5.32 Å². The Labute approximate surface area is 104 Å². The molecule has 1 aromatic carbocycles. The standard InChI is InChI=1S/C8H4Cl2FN5O/c9-4-1-3(11)2-5(10)6(4)12-8(17)7-13-15-16-14-7/h1-2H,(H,12,17)(H,13,14,15,16). The fourth-order valence-electron chi connectivity index (χ4n) is 1.09. The Balaban J connectivity index is 2.28. The second kappa shape index (κ2) is 4.64. The van der Waals surface area contributed by atoms with Crippen molar-refractivity contribution in [1.29, 1.82) is 0 Å². The van der Waals surface area contributed by atoms with Gasteiger partial charge in [-0.25, -0.2) is 4.39 Å². The number of aromatic nitrogens is 4. The highest BCUT2D eigenvalue weighted by atomic mass is 35.5. The molecular formula is C8H4Cl2FN5O. The van der Waals surface area contributed by atoms with Gasteiger partial charge >= 0.3 is 0 Å². The summed E-state index contributed by atoms with van der Waals surface area (Å²) in [7, 11) is 0. The second-order valence-electron chi connectivity index (χ2n) is 2.93. The largest absolute Gasteiger partial charge is 0.317 e. The minimum Gasteiger partial charge on any atom is -0.317 e. The summed E-state index contributed by atoms with van der Waals surface area (Å²) in [6.07, 6.45) is 0. The highest BCUT2D eigenvalue weighted by Gasteiger charge is 2.15. The number of hydrogen-bond acceptors (Lipinski definition) is 4. The summed E-state index contributed by atoms with van der Waals surface area (Å²) in [6.45, 7) is 0. The second-order valence-corrected chi connectivity index (χ2v) is 3.75. The van der Waals surface area contributed by atoms with Crippen molar-refractivity contribution in [1.82, 2.24) is 20.6 Å². The fraction of sp³-hybridized carbons (Fsp3) is 0. The van der Waals surface area contributed by atoms with Crippen LogP contribution in [0.3, 0.4) is 0 Å². The van der Waals surface area contributed by atoms with Crippen LogP contribution in [0.4, 0.5) is 10.1 Å². The summed E-state index contributed by atoms with van der Waals surface area (Å²) < 4.78 is 12.9. The third kappa shape index (κ3) is 2.51. The SMILES string of the molecule is O=C(Nc1c(Cl)cc(F)cc1Cl)c1nn[nH]n1. The van der Waals surface area contributed by atoms with E-state index in [1.54, 1.807) is 0 Å². The molecule has 0 spiro atoms. The molecule has 0 unspecified atom stereocenters. The number of amides is 1. The van der Waals surface area contributed by atoms with Gasteiger partial charge in [-0.05, 0) is 17.3 Å². The molecule has 1 amide bonds. The van der Waals surface area contributed by atoms with Gasteiger partial charge in [0, 0.05) is 0 Å². The number of nitrogens with zero attached hydrogens (tertiary/aromatic N) is 3. The zero-order valence-corrected chi connectivity index (χ0v) is 9.55. The number of carbonyl (C=O) groups is 1. The van der Waals surface area contributed by atoms with Crippen molar-refractivity contribution in [3.8, 4) is 0 Å². The Hall–Kier alpha value is -1.73. The van der Waals surface area contributed by atoms with Crippen LogP contribution in [0, 0.1) is 5.82 Å². The third-order valence-corrected chi connectivity index (χ3v) is 2.39. The molecule has 1 heterocycles. The van der Waals surface area contributed by atoms with Gasteiger partial charge in [-0.2, -0.15) is 5.21 Å². The molecule has 2 N–H and O–H groups in total. The van der Waals surface area contributed by atoms with Crippen molar-refractivity contribution in [2.75, 3.05) is 5.32 Å². The van der Waals surface area contributed by atoms with E-state index in [-0.39, 0.29) is 21.6 Å². The van der Waals surface area contributed by atoms with E-state index in [4.69, 9.17) is 23.2 Å². The average molecular weight is 276 g/mol. The van der Waals surface area contributed by atoms with Crippen LogP contribution in [0.1, 0.15) is 10.6 Å². The van der Waals surface area contributed by atoms with Crippen LogP contribution in [0.2, 0.25) is 10.0 Å². The maximum absolute atomic E-state index is 12.9. The number of hydrogen-bond donors (Lipinski definition) is 2. The number of carbonyl (C=O) groups excluding carboxylic acids is 1. The van der Waals surface area contributed by atoms with E-state index in [9.17, 15) is 9.18 Å². The van der Waals surface area contributed by atoms with E-state index < -0.39 is 11.7 Å². The highest BCUT2D eigenvalue weighted by molar-refractivity contribution is 6.39. The predicted molar refractivity (Wildman–Crippen MR) is 58.6 cm³/mol. The van der Waals surface area contributed by atoms with Gasteiger partial charge in [0.2, 0.25) is 0 Å². The molecule has 0 radical (unpaired) electrons.